The molecule has 4 rings (SSSR count). The first-order valence-electron chi connectivity index (χ1n) is 8.57. The molecule has 6 nitrogen and oxygen atoms in total. The summed E-state index contributed by atoms with van der Waals surface area (Å²) in [5, 5.41) is 4.45. The Morgan fingerprint density at radius 2 is 1.86 bits per heavy atom. The van der Waals surface area contributed by atoms with Gasteiger partial charge in [0.05, 0.1) is 0 Å². The summed E-state index contributed by atoms with van der Waals surface area (Å²) in [7, 11) is 0. The first-order chi connectivity index (χ1) is 13.6. The number of carbonyl (C=O) groups is 1. The molecule has 4 aromatic rings. The Morgan fingerprint density at radius 1 is 1.04 bits per heavy atom. The van der Waals surface area contributed by atoms with Crippen LogP contribution in [0.5, 0.6) is 5.75 Å². The number of aromatic nitrogens is 2. The molecule has 0 aliphatic carbocycles. The predicted molar refractivity (Wildman–Crippen MR) is 109 cm³/mol. The van der Waals surface area contributed by atoms with Crippen LogP contribution in [-0.4, -0.2) is 15.9 Å². The van der Waals surface area contributed by atoms with Gasteiger partial charge in [-0.15, -0.1) is 0 Å². The monoisotopic (exact) mass is 393 g/mol. The van der Waals surface area contributed by atoms with Crippen LogP contribution in [0.2, 0.25) is 5.02 Å². The molecule has 3 N–H and O–H groups in total. The fourth-order valence-corrected chi connectivity index (χ4v) is 2.89. The Bertz CT molecular complexity index is 1200. The van der Waals surface area contributed by atoms with Crippen LogP contribution in [0, 0.1) is 0 Å². The molecule has 0 spiro atoms. The lowest BCUT2D eigenvalue weighted by Crippen LogP contribution is -2.17. The zero-order valence-corrected chi connectivity index (χ0v) is 15.4. The minimum absolute atomic E-state index is 0.138. The molecule has 28 heavy (non-hydrogen) atoms. The normalized spacial score (nSPS) is 10.8. The summed E-state index contributed by atoms with van der Waals surface area (Å²) in [4.78, 5) is 30.6. The van der Waals surface area contributed by atoms with Crippen molar-refractivity contribution in [1.82, 2.24) is 9.97 Å². The number of ether oxygens (including phenoxy) is 1. The summed E-state index contributed by atoms with van der Waals surface area (Å²) >= 11 is 5.85. The van der Waals surface area contributed by atoms with Gasteiger partial charge in [-0.25, -0.2) is 0 Å². The lowest BCUT2D eigenvalue weighted by Gasteiger charge is -2.08. The molecule has 0 bridgehead atoms. The maximum atomic E-state index is 12.4. The average molecular weight is 394 g/mol. The number of benzene rings is 2. The maximum absolute atomic E-state index is 12.4. The Kier molecular flexibility index (Phi) is 4.87. The van der Waals surface area contributed by atoms with Crippen LogP contribution < -0.4 is 15.5 Å². The highest BCUT2D eigenvalue weighted by Gasteiger charge is 2.11. The van der Waals surface area contributed by atoms with E-state index in [1.165, 1.54) is 12.3 Å². The third-order valence-electron chi connectivity index (χ3n) is 4.24. The summed E-state index contributed by atoms with van der Waals surface area (Å²) in [5.41, 5.74) is 2.19. The van der Waals surface area contributed by atoms with E-state index >= 15 is 0 Å². The molecule has 0 saturated heterocycles. The zero-order chi connectivity index (χ0) is 19.5. The highest BCUT2D eigenvalue weighted by atomic mass is 35.5. The van der Waals surface area contributed by atoms with Gasteiger partial charge in [-0.2, -0.15) is 0 Å². The van der Waals surface area contributed by atoms with Gasteiger partial charge < -0.3 is 20.0 Å². The van der Waals surface area contributed by atoms with E-state index in [-0.39, 0.29) is 23.5 Å². The molecule has 0 aliphatic heterocycles. The van der Waals surface area contributed by atoms with Gasteiger partial charge in [-0.05, 0) is 41.3 Å². The van der Waals surface area contributed by atoms with E-state index in [0.717, 1.165) is 16.5 Å². The summed E-state index contributed by atoms with van der Waals surface area (Å²) in [5.74, 6) is -0.272. The number of nitrogens with one attached hydrogen (secondary N) is 3. The number of amides is 1. The third kappa shape index (κ3) is 3.92. The number of pyridine rings is 1. The van der Waals surface area contributed by atoms with E-state index in [9.17, 15) is 9.59 Å². The second-order valence-corrected chi connectivity index (χ2v) is 6.66. The van der Waals surface area contributed by atoms with Gasteiger partial charge in [0.2, 0.25) is 5.43 Å². The fourth-order valence-electron chi connectivity index (χ4n) is 2.77. The Hall–Kier alpha value is -3.51. The van der Waals surface area contributed by atoms with Gasteiger partial charge in [-0.1, -0.05) is 29.8 Å². The van der Waals surface area contributed by atoms with Crippen molar-refractivity contribution < 1.29 is 9.53 Å². The van der Waals surface area contributed by atoms with Crippen molar-refractivity contribution in [2.24, 2.45) is 0 Å². The van der Waals surface area contributed by atoms with Crippen molar-refractivity contribution >= 4 is 34.1 Å². The highest BCUT2D eigenvalue weighted by Crippen LogP contribution is 2.18. The maximum Gasteiger partial charge on any atom is 0.272 e. The standard InChI is InChI=1S/C21H16ClN3O3/c22-15-4-1-13(2-5-15)12-28-20-11-24-18(10-19(20)26)21(27)25-16-6-3-14-7-8-23-17(14)9-16/h1-11,23H,12H2,(H,24,26)(H,25,27). The van der Waals surface area contributed by atoms with Crippen LogP contribution in [0.25, 0.3) is 10.9 Å². The van der Waals surface area contributed by atoms with Gasteiger partial charge in [0.25, 0.3) is 5.91 Å². The largest absolute Gasteiger partial charge is 0.483 e. The second kappa shape index (κ2) is 7.62. The summed E-state index contributed by atoms with van der Waals surface area (Å²) in [6, 6.07) is 15.8. The van der Waals surface area contributed by atoms with E-state index < -0.39 is 5.91 Å². The molecule has 0 aliphatic rings. The number of halogens is 1. The van der Waals surface area contributed by atoms with Crippen LogP contribution in [0.4, 0.5) is 5.69 Å². The number of carbonyl (C=O) groups excluding carboxylic acids is 1. The topological polar surface area (TPSA) is 87.0 Å². The van der Waals surface area contributed by atoms with Gasteiger partial charge in [0.15, 0.2) is 5.75 Å². The van der Waals surface area contributed by atoms with Crippen molar-refractivity contribution in [2.75, 3.05) is 5.32 Å². The van der Waals surface area contributed by atoms with Crippen LogP contribution in [-0.2, 0) is 6.61 Å². The number of rotatable bonds is 5. The van der Waals surface area contributed by atoms with E-state index in [0.29, 0.717) is 10.7 Å². The van der Waals surface area contributed by atoms with Gasteiger partial charge in [0.1, 0.15) is 12.3 Å². The van der Waals surface area contributed by atoms with Crippen molar-refractivity contribution in [2.45, 2.75) is 6.61 Å². The molecule has 0 radical (unpaired) electrons. The molecule has 2 aromatic carbocycles. The van der Waals surface area contributed by atoms with E-state index in [1.807, 2.05) is 36.5 Å². The van der Waals surface area contributed by atoms with Crippen LogP contribution in [0.1, 0.15) is 16.1 Å². The smallest absolute Gasteiger partial charge is 0.272 e. The molecular formula is C21H16ClN3O3. The quantitative estimate of drug-likeness (QED) is 0.471. The SMILES string of the molecule is O=C(Nc1ccc2cc[nH]c2c1)c1cc(=O)c(OCc2ccc(Cl)cc2)c[nH]1. The molecule has 1 amide bonds. The number of aromatic amines is 2. The Balaban J connectivity index is 1.44. The lowest BCUT2D eigenvalue weighted by atomic mass is 10.2. The molecule has 0 fully saturated rings. The minimum Gasteiger partial charge on any atom is -0.483 e. The van der Waals surface area contributed by atoms with Gasteiger partial charge in [-0.3, -0.25) is 9.59 Å². The molecule has 2 heterocycles. The minimum atomic E-state index is -0.410. The molecule has 2 aromatic heterocycles. The zero-order valence-electron chi connectivity index (χ0n) is 14.7. The van der Waals surface area contributed by atoms with Crippen molar-refractivity contribution in [3.05, 3.63) is 93.5 Å². The Labute approximate surface area is 165 Å². The molecule has 0 atom stereocenters. The first-order valence-corrected chi connectivity index (χ1v) is 8.95. The van der Waals surface area contributed by atoms with Crippen LogP contribution in [0.15, 0.2) is 71.8 Å². The van der Waals surface area contributed by atoms with E-state index in [1.54, 1.807) is 18.2 Å². The molecule has 0 unspecified atom stereocenters. The van der Waals surface area contributed by atoms with E-state index in [4.69, 9.17) is 16.3 Å². The summed E-state index contributed by atoms with van der Waals surface area (Å²) in [6.07, 6.45) is 3.22. The summed E-state index contributed by atoms with van der Waals surface area (Å²) < 4.78 is 5.53. The van der Waals surface area contributed by atoms with Gasteiger partial charge in [0, 0.05) is 34.7 Å². The number of hydrogen-bond donors (Lipinski definition) is 3. The molecule has 0 saturated carbocycles. The number of H-pyrrole nitrogens is 2. The number of hydrogen-bond acceptors (Lipinski definition) is 3. The average Bonchev–Trinajstić information content (AvgIpc) is 3.16. The predicted octanol–water partition coefficient (Wildman–Crippen LogP) is 4.34. The number of anilines is 1. The second-order valence-electron chi connectivity index (χ2n) is 6.22. The number of fused-ring (bicyclic) bond motifs is 1. The van der Waals surface area contributed by atoms with Crippen LogP contribution >= 0.6 is 11.6 Å². The highest BCUT2D eigenvalue weighted by molar-refractivity contribution is 6.30. The molecule has 140 valence electrons. The molecular weight excluding hydrogens is 378 g/mol. The van der Waals surface area contributed by atoms with Crippen LogP contribution in [0.3, 0.4) is 0 Å². The van der Waals surface area contributed by atoms with Crippen molar-refractivity contribution in [3.8, 4) is 5.75 Å². The first kappa shape index (κ1) is 17.9. The van der Waals surface area contributed by atoms with E-state index in [2.05, 4.69) is 15.3 Å². The fraction of sp³-hybridized carbons (Fsp3) is 0.0476. The van der Waals surface area contributed by atoms with Crippen molar-refractivity contribution in [1.29, 1.82) is 0 Å². The lowest BCUT2D eigenvalue weighted by molar-refractivity contribution is 0.102. The van der Waals surface area contributed by atoms with Crippen molar-refractivity contribution in [3.63, 3.8) is 0 Å². The Morgan fingerprint density at radius 3 is 2.64 bits per heavy atom. The summed E-state index contributed by atoms with van der Waals surface area (Å²) in [6.45, 7) is 0.224. The third-order valence-corrected chi connectivity index (χ3v) is 4.49. The molecule has 7 heteroatoms. The van der Waals surface area contributed by atoms with Gasteiger partial charge >= 0.3 is 0 Å².